The highest BCUT2D eigenvalue weighted by Gasteiger charge is 2.31. The average Bonchev–Trinajstić information content (AvgIpc) is 3.32. The number of carboxylic acid groups (broad SMARTS) is 1. The molecule has 0 spiro atoms. The van der Waals surface area contributed by atoms with Crippen LogP contribution in [-0.4, -0.2) is 106 Å². The minimum atomic E-state index is -1.39. The minimum Gasteiger partial charge on any atom is -0.481 e. The quantitative estimate of drug-likeness (QED) is 0.109. The van der Waals surface area contributed by atoms with Gasteiger partial charge < -0.3 is 35.4 Å². The van der Waals surface area contributed by atoms with Gasteiger partial charge in [-0.3, -0.25) is 9.59 Å². The molecule has 2 aliphatic carbocycles. The minimum absolute atomic E-state index is 0.0255. The fraction of sp³-hybridized carbons (Fsp3) is 0.875. The molecule has 2 saturated carbocycles. The van der Waals surface area contributed by atoms with Crippen LogP contribution in [0.4, 0.5) is 0 Å². The van der Waals surface area contributed by atoms with Crippen LogP contribution in [-0.2, 0) is 23.9 Å². The fourth-order valence-electron chi connectivity index (χ4n) is 5.12. The summed E-state index contributed by atoms with van der Waals surface area (Å²) < 4.78 is 4.76. The van der Waals surface area contributed by atoms with E-state index in [0.29, 0.717) is 19.4 Å². The van der Waals surface area contributed by atoms with E-state index in [0.717, 1.165) is 56.8 Å². The van der Waals surface area contributed by atoms with Crippen LogP contribution in [0, 0.1) is 22.7 Å². The van der Waals surface area contributed by atoms with Gasteiger partial charge in [-0.15, -0.1) is 0 Å². The maximum absolute atomic E-state index is 10.5. The van der Waals surface area contributed by atoms with Crippen LogP contribution >= 0.6 is 0 Å². The lowest BCUT2D eigenvalue weighted by molar-refractivity contribution is -0.153. The predicted octanol–water partition coefficient (Wildman–Crippen LogP) is 2.69. The third-order valence-corrected chi connectivity index (χ3v) is 9.03. The number of isocyanates is 2. The summed E-state index contributed by atoms with van der Waals surface area (Å²) in [4.78, 5) is 48.8. The second kappa shape index (κ2) is 24.7. The zero-order valence-electron chi connectivity index (χ0n) is 27.1. The number of aliphatic carboxylic acids is 1. The van der Waals surface area contributed by atoms with Crippen LogP contribution in [0.3, 0.4) is 0 Å². The van der Waals surface area contributed by atoms with Crippen LogP contribution in [0.15, 0.2) is 9.98 Å². The van der Waals surface area contributed by atoms with Crippen molar-refractivity contribution in [3.63, 3.8) is 0 Å². The van der Waals surface area contributed by atoms with Crippen molar-refractivity contribution in [2.75, 3.05) is 39.6 Å². The van der Waals surface area contributed by atoms with Gasteiger partial charge in [-0.1, -0.05) is 6.92 Å². The number of carbonyl (C=O) groups is 2. The Hall–Kier alpha value is -2.50. The Morgan fingerprint density at radius 3 is 1.51 bits per heavy atom. The van der Waals surface area contributed by atoms with Gasteiger partial charge in [-0.05, 0) is 102 Å². The van der Waals surface area contributed by atoms with Crippen molar-refractivity contribution in [1.82, 2.24) is 0 Å². The number of aliphatic imine (C=N–C) groups is 2. The summed E-state index contributed by atoms with van der Waals surface area (Å²) in [7, 11) is 0. The van der Waals surface area contributed by atoms with Crippen LogP contribution in [0.1, 0.15) is 104 Å². The number of hydrogen-bond donors (Lipinski definition) is 6. The summed E-state index contributed by atoms with van der Waals surface area (Å²) in [5.74, 6) is 0.387. The van der Waals surface area contributed by atoms with E-state index in [4.69, 9.17) is 35.4 Å². The van der Waals surface area contributed by atoms with E-state index in [1.54, 1.807) is 12.2 Å². The normalized spacial score (nSPS) is 23.3. The molecule has 13 heteroatoms. The van der Waals surface area contributed by atoms with E-state index in [1.807, 2.05) is 6.92 Å². The molecule has 13 nitrogen and oxygen atoms in total. The Bertz CT molecular complexity index is 831. The average molecular weight is 645 g/mol. The standard InChI is InChI=1S/C15H22N2O2.C6H14O3.C6H10O2.C5H10O4/c18-10-16-14-5-1-12(2-6-14)9-13-3-7-15(8-4-13)17-11-19;1-2-6(3-7,4-8)5-9;7-6-4-2-1-3-5-8-6;1-5(2-6,3-7)4(8)9/h12-15H,1-9H2;7-9H,2-5H2,1H3;1-5H2;6-7H,2-3H2,1H3,(H,8,9). The number of rotatable bonds is 11. The van der Waals surface area contributed by atoms with E-state index in [9.17, 15) is 19.2 Å². The lowest BCUT2D eigenvalue weighted by Gasteiger charge is -2.31. The molecule has 1 saturated heterocycles. The molecule has 45 heavy (non-hydrogen) atoms. The van der Waals surface area contributed by atoms with Crippen molar-refractivity contribution in [2.24, 2.45) is 32.7 Å². The highest BCUT2D eigenvalue weighted by molar-refractivity contribution is 5.74. The number of ether oxygens (including phenoxy) is 1. The van der Waals surface area contributed by atoms with Crippen molar-refractivity contribution in [1.29, 1.82) is 0 Å². The molecular formula is C32H56N2O11. The van der Waals surface area contributed by atoms with E-state index < -0.39 is 30.0 Å². The lowest BCUT2D eigenvalue weighted by atomic mass is 9.76. The molecule has 0 unspecified atom stereocenters. The van der Waals surface area contributed by atoms with Gasteiger partial charge in [0.15, 0.2) is 0 Å². The first-order valence-corrected chi connectivity index (χ1v) is 16.1. The van der Waals surface area contributed by atoms with E-state index in [-0.39, 0.29) is 37.9 Å². The number of carboxylic acids is 1. The highest BCUT2D eigenvalue weighted by atomic mass is 16.5. The van der Waals surface area contributed by atoms with Crippen molar-refractivity contribution >= 4 is 24.1 Å². The summed E-state index contributed by atoms with van der Waals surface area (Å²) in [6.07, 6.45) is 18.1. The molecular weight excluding hydrogens is 588 g/mol. The molecule has 260 valence electrons. The van der Waals surface area contributed by atoms with Crippen LogP contribution in [0.25, 0.3) is 0 Å². The summed E-state index contributed by atoms with van der Waals surface area (Å²) >= 11 is 0. The van der Waals surface area contributed by atoms with Crippen LogP contribution in [0.2, 0.25) is 0 Å². The number of nitrogens with zero attached hydrogens (tertiary/aromatic N) is 2. The Labute approximate surface area is 266 Å². The molecule has 0 aromatic carbocycles. The molecule has 3 fully saturated rings. The Balaban J connectivity index is 0.000000629. The Morgan fingerprint density at radius 2 is 1.22 bits per heavy atom. The van der Waals surface area contributed by atoms with Gasteiger partial charge in [-0.25, -0.2) is 19.6 Å². The molecule has 0 amide bonds. The molecule has 1 heterocycles. The second-order valence-corrected chi connectivity index (χ2v) is 12.6. The fourth-order valence-corrected chi connectivity index (χ4v) is 5.12. The number of hydrogen-bond acceptors (Lipinski definition) is 12. The molecule has 6 N–H and O–H groups in total. The lowest BCUT2D eigenvalue weighted by Crippen LogP contribution is -2.35. The summed E-state index contributed by atoms with van der Waals surface area (Å²) in [6, 6.07) is 0.456. The number of carbonyl (C=O) groups excluding carboxylic acids is 3. The number of aliphatic hydroxyl groups is 5. The molecule has 0 bridgehead atoms. The van der Waals surface area contributed by atoms with E-state index in [2.05, 4.69) is 9.98 Å². The zero-order chi connectivity index (χ0) is 34.1. The maximum atomic E-state index is 10.5. The van der Waals surface area contributed by atoms with Gasteiger partial charge in [-0.2, -0.15) is 0 Å². The van der Waals surface area contributed by atoms with Gasteiger partial charge in [0.2, 0.25) is 12.2 Å². The topological polar surface area (TPSA) is 224 Å². The Morgan fingerprint density at radius 1 is 0.778 bits per heavy atom. The number of aliphatic hydroxyl groups excluding tert-OH is 5. The van der Waals surface area contributed by atoms with Gasteiger partial charge in [0.25, 0.3) is 0 Å². The molecule has 0 aromatic rings. The third-order valence-electron chi connectivity index (χ3n) is 9.03. The van der Waals surface area contributed by atoms with Crippen molar-refractivity contribution < 1.29 is 54.6 Å². The highest BCUT2D eigenvalue weighted by Crippen LogP contribution is 2.36. The second-order valence-electron chi connectivity index (χ2n) is 12.6. The van der Waals surface area contributed by atoms with Crippen molar-refractivity contribution in [2.45, 2.75) is 116 Å². The first-order valence-electron chi connectivity index (χ1n) is 16.1. The molecule has 1 aliphatic heterocycles. The molecule has 3 rings (SSSR count). The largest absolute Gasteiger partial charge is 0.481 e. The summed E-state index contributed by atoms with van der Waals surface area (Å²) in [6.45, 7) is 2.18. The van der Waals surface area contributed by atoms with Crippen molar-refractivity contribution in [3.8, 4) is 0 Å². The Kier molecular flexibility index (Phi) is 23.3. The number of cyclic esters (lactones) is 1. The third kappa shape index (κ3) is 17.7. The molecule has 0 aromatic heterocycles. The molecule has 3 aliphatic rings. The van der Waals surface area contributed by atoms with Gasteiger partial charge in [0.1, 0.15) is 5.41 Å². The van der Waals surface area contributed by atoms with Gasteiger partial charge >= 0.3 is 11.9 Å². The van der Waals surface area contributed by atoms with Crippen molar-refractivity contribution in [3.05, 3.63) is 0 Å². The smallest absolute Gasteiger partial charge is 0.314 e. The summed E-state index contributed by atoms with van der Waals surface area (Å²) in [5, 5.41) is 51.1. The molecule has 0 atom stereocenters. The zero-order valence-corrected chi connectivity index (χ0v) is 27.1. The monoisotopic (exact) mass is 644 g/mol. The summed E-state index contributed by atoms with van der Waals surface area (Å²) in [5.41, 5.74) is -2.06. The first kappa shape index (κ1) is 42.5. The maximum Gasteiger partial charge on any atom is 0.314 e. The van der Waals surface area contributed by atoms with E-state index in [1.165, 1.54) is 39.0 Å². The SMILES string of the molecule is CC(CO)(CO)C(=O)O.CCC(CO)(CO)CO.O=C1CCCCCO1.O=C=NC1CCC(CC2CCC(N=C=O)CC2)CC1. The van der Waals surface area contributed by atoms with Gasteiger partial charge in [0.05, 0.1) is 51.7 Å². The predicted molar refractivity (Wildman–Crippen MR) is 166 cm³/mol. The molecule has 0 radical (unpaired) electrons. The van der Waals surface area contributed by atoms with Crippen LogP contribution < -0.4 is 0 Å². The van der Waals surface area contributed by atoms with Gasteiger partial charge in [0, 0.05) is 11.8 Å². The van der Waals surface area contributed by atoms with E-state index >= 15 is 0 Å². The van der Waals surface area contributed by atoms with Crippen LogP contribution in [0.5, 0.6) is 0 Å². The number of esters is 1. The first-order chi connectivity index (χ1) is 21.5.